The third-order valence-electron chi connectivity index (χ3n) is 3.27. The average molecular weight is 320 g/mol. The van der Waals surface area contributed by atoms with Crippen molar-refractivity contribution in [2.75, 3.05) is 5.32 Å². The number of benzene rings is 2. The highest BCUT2D eigenvalue weighted by atomic mass is 32.2. The predicted molar refractivity (Wildman–Crippen MR) is 93.9 cm³/mol. The Balaban J connectivity index is 1.82. The molecule has 0 spiro atoms. The lowest BCUT2D eigenvalue weighted by Crippen LogP contribution is -2.12. The molecule has 0 saturated carbocycles. The van der Waals surface area contributed by atoms with Gasteiger partial charge in [0.05, 0.1) is 5.69 Å². The van der Waals surface area contributed by atoms with E-state index in [-0.39, 0.29) is 5.91 Å². The average Bonchev–Trinajstić information content (AvgIpc) is 2.57. The van der Waals surface area contributed by atoms with Crippen molar-refractivity contribution < 1.29 is 4.79 Å². The Bertz CT molecular complexity index is 818. The quantitative estimate of drug-likeness (QED) is 0.751. The number of aromatic nitrogens is 1. The van der Waals surface area contributed by atoms with Gasteiger partial charge in [0.2, 0.25) is 0 Å². The maximum Gasteiger partial charge on any atom is 0.255 e. The minimum absolute atomic E-state index is 0.128. The number of hydrogen-bond donors (Lipinski definition) is 1. The molecule has 0 aliphatic carbocycles. The summed E-state index contributed by atoms with van der Waals surface area (Å²) in [5.41, 5.74) is 2.24. The van der Waals surface area contributed by atoms with Crippen LogP contribution < -0.4 is 5.32 Å². The molecule has 114 valence electrons. The van der Waals surface area contributed by atoms with Crippen LogP contribution in [-0.2, 0) is 0 Å². The number of aryl methyl sites for hydroxylation is 1. The summed E-state index contributed by atoms with van der Waals surface area (Å²) in [4.78, 5) is 18.7. The fourth-order valence-corrected chi connectivity index (χ4v) is 3.08. The van der Waals surface area contributed by atoms with E-state index < -0.39 is 0 Å². The SMILES string of the molecule is Cc1cc(C(=O)Nc2ccccc2Sc2ccccc2)ccn1. The van der Waals surface area contributed by atoms with E-state index in [9.17, 15) is 4.79 Å². The lowest BCUT2D eigenvalue weighted by Gasteiger charge is -2.11. The van der Waals surface area contributed by atoms with Crippen molar-refractivity contribution in [3.8, 4) is 0 Å². The fourth-order valence-electron chi connectivity index (χ4n) is 2.16. The normalized spacial score (nSPS) is 10.3. The van der Waals surface area contributed by atoms with E-state index in [2.05, 4.69) is 22.4 Å². The number of carbonyl (C=O) groups excluding carboxylic acids is 1. The number of nitrogens with one attached hydrogen (secondary N) is 1. The second kappa shape index (κ2) is 7.11. The monoisotopic (exact) mass is 320 g/mol. The van der Waals surface area contributed by atoms with Crippen molar-refractivity contribution in [1.82, 2.24) is 4.98 Å². The molecular formula is C19H16N2OS. The lowest BCUT2D eigenvalue weighted by atomic mass is 10.2. The number of hydrogen-bond acceptors (Lipinski definition) is 3. The van der Waals surface area contributed by atoms with Gasteiger partial charge in [-0.05, 0) is 43.3 Å². The molecule has 0 fully saturated rings. The van der Waals surface area contributed by atoms with Crippen LogP contribution in [0.15, 0.2) is 82.7 Å². The first-order chi connectivity index (χ1) is 11.2. The minimum atomic E-state index is -0.128. The van der Waals surface area contributed by atoms with Gasteiger partial charge >= 0.3 is 0 Å². The molecule has 0 saturated heterocycles. The lowest BCUT2D eigenvalue weighted by molar-refractivity contribution is 0.102. The third kappa shape index (κ3) is 3.99. The molecule has 1 aromatic heterocycles. The van der Waals surface area contributed by atoms with Gasteiger partial charge in [0.25, 0.3) is 5.91 Å². The number of nitrogens with zero attached hydrogens (tertiary/aromatic N) is 1. The van der Waals surface area contributed by atoms with E-state index in [0.717, 1.165) is 21.2 Å². The Morgan fingerprint density at radius 2 is 1.74 bits per heavy atom. The van der Waals surface area contributed by atoms with Crippen molar-refractivity contribution in [1.29, 1.82) is 0 Å². The molecule has 0 aliphatic rings. The van der Waals surface area contributed by atoms with Crippen molar-refractivity contribution in [3.05, 3.63) is 84.2 Å². The molecule has 1 N–H and O–H groups in total. The van der Waals surface area contributed by atoms with E-state index >= 15 is 0 Å². The van der Waals surface area contributed by atoms with Gasteiger partial charge in [-0.15, -0.1) is 0 Å². The van der Waals surface area contributed by atoms with Crippen LogP contribution >= 0.6 is 11.8 Å². The zero-order chi connectivity index (χ0) is 16.1. The molecule has 0 unspecified atom stereocenters. The second-order valence-electron chi connectivity index (χ2n) is 5.05. The Morgan fingerprint density at radius 1 is 1.00 bits per heavy atom. The summed E-state index contributed by atoms with van der Waals surface area (Å²) in [7, 11) is 0. The Morgan fingerprint density at radius 3 is 2.52 bits per heavy atom. The molecule has 3 rings (SSSR count). The summed E-state index contributed by atoms with van der Waals surface area (Å²) in [5.74, 6) is -0.128. The van der Waals surface area contributed by atoms with Crippen molar-refractivity contribution in [3.63, 3.8) is 0 Å². The molecule has 3 nitrogen and oxygen atoms in total. The third-order valence-corrected chi connectivity index (χ3v) is 4.35. The highest BCUT2D eigenvalue weighted by Gasteiger charge is 2.10. The topological polar surface area (TPSA) is 42.0 Å². The summed E-state index contributed by atoms with van der Waals surface area (Å²) in [6.07, 6.45) is 1.65. The van der Waals surface area contributed by atoms with Crippen LogP contribution in [0, 0.1) is 6.92 Å². The summed E-state index contributed by atoms with van der Waals surface area (Å²) in [6.45, 7) is 1.87. The van der Waals surface area contributed by atoms with Crippen molar-refractivity contribution >= 4 is 23.4 Å². The number of pyridine rings is 1. The Kier molecular flexibility index (Phi) is 4.74. The van der Waals surface area contributed by atoms with Crippen LogP contribution in [0.25, 0.3) is 0 Å². The number of para-hydroxylation sites is 1. The van der Waals surface area contributed by atoms with E-state index in [1.54, 1.807) is 30.1 Å². The first-order valence-corrected chi connectivity index (χ1v) is 8.10. The van der Waals surface area contributed by atoms with Gasteiger partial charge in [0, 0.05) is 27.2 Å². The highest BCUT2D eigenvalue weighted by molar-refractivity contribution is 7.99. The van der Waals surface area contributed by atoms with E-state index in [4.69, 9.17) is 0 Å². The number of rotatable bonds is 4. The molecule has 0 aliphatic heterocycles. The van der Waals surface area contributed by atoms with Gasteiger partial charge in [-0.2, -0.15) is 0 Å². The molecule has 23 heavy (non-hydrogen) atoms. The first kappa shape index (κ1) is 15.3. The van der Waals surface area contributed by atoms with Gasteiger partial charge in [0.15, 0.2) is 0 Å². The first-order valence-electron chi connectivity index (χ1n) is 7.28. The largest absolute Gasteiger partial charge is 0.321 e. The van der Waals surface area contributed by atoms with Gasteiger partial charge in [0.1, 0.15) is 0 Å². The van der Waals surface area contributed by atoms with Crippen LogP contribution in [0.4, 0.5) is 5.69 Å². The summed E-state index contributed by atoms with van der Waals surface area (Å²) < 4.78 is 0. The molecule has 0 radical (unpaired) electrons. The highest BCUT2D eigenvalue weighted by Crippen LogP contribution is 2.33. The van der Waals surface area contributed by atoms with Crippen LogP contribution in [-0.4, -0.2) is 10.9 Å². The Labute approximate surface area is 139 Å². The van der Waals surface area contributed by atoms with Gasteiger partial charge in [-0.25, -0.2) is 0 Å². The second-order valence-corrected chi connectivity index (χ2v) is 6.17. The maximum atomic E-state index is 12.4. The molecule has 0 atom stereocenters. The number of amides is 1. The molecular weight excluding hydrogens is 304 g/mol. The maximum absolute atomic E-state index is 12.4. The molecule has 3 aromatic rings. The van der Waals surface area contributed by atoms with Gasteiger partial charge < -0.3 is 5.32 Å². The van der Waals surface area contributed by atoms with Gasteiger partial charge in [-0.1, -0.05) is 42.1 Å². The molecule has 1 heterocycles. The van der Waals surface area contributed by atoms with Crippen LogP contribution in [0.2, 0.25) is 0 Å². The van der Waals surface area contributed by atoms with E-state index in [0.29, 0.717) is 5.56 Å². The number of anilines is 1. The molecule has 4 heteroatoms. The van der Waals surface area contributed by atoms with Crippen LogP contribution in [0.3, 0.4) is 0 Å². The zero-order valence-corrected chi connectivity index (χ0v) is 13.5. The summed E-state index contributed by atoms with van der Waals surface area (Å²) >= 11 is 1.63. The minimum Gasteiger partial charge on any atom is -0.321 e. The molecule has 0 bridgehead atoms. The van der Waals surface area contributed by atoms with Crippen LogP contribution in [0.5, 0.6) is 0 Å². The van der Waals surface area contributed by atoms with Crippen molar-refractivity contribution in [2.24, 2.45) is 0 Å². The zero-order valence-electron chi connectivity index (χ0n) is 12.7. The number of carbonyl (C=O) groups is 1. The molecule has 2 aromatic carbocycles. The summed E-state index contributed by atoms with van der Waals surface area (Å²) in [6, 6.07) is 21.4. The van der Waals surface area contributed by atoms with Gasteiger partial charge in [-0.3, -0.25) is 9.78 Å². The molecule has 1 amide bonds. The van der Waals surface area contributed by atoms with Crippen molar-refractivity contribution in [2.45, 2.75) is 16.7 Å². The smallest absolute Gasteiger partial charge is 0.255 e. The fraction of sp³-hybridized carbons (Fsp3) is 0.0526. The predicted octanol–water partition coefficient (Wildman–Crippen LogP) is 4.79. The summed E-state index contributed by atoms with van der Waals surface area (Å²) in [5, 5.41) is 2.99. The Hall–Kier alpha value is -2.59. The standard InChI is InChI=1S/C19H16N2OS/c1-14-13-15(11-12-20-14)19(22)21-17-9-5-6-10-18(17)23-16-7-3-2-4-8-16/h2-13H,1H3,(H,21,22). The van der Waals surface area contributed by atoms with E-state index in [1.807, 2.05) is 49.4 Å². The van der Waals surface area contributed by atoms with Crippen LogP contribution in [0.1, 0.15) is 16.1 Å². The van der Waals surface area contributed by atoms with E-state index in [1.165, 1.54) is 0 Å².